The van der Waals surface area contributed by atoms with E-state index in [-0.39, 0.29) is 22.5 Å². The summed E-state index contributed by atoms with van der Waals surface area (Å²) in [7, 11) is 0. The normalized spacial score (nSPS) is 19.7. The number of nitrogens with zero attached hydrogens (tertiary/aromatic N) is 1. The van der Waals surface area contributed by atoms with E-state index in [4.69, 9.17) is 5.11 Å². The van der Waals surface area contributed by atoms with Gasteiger partial charge >= 0.3 is 5.97 Å². The Morgan fingerprint density at radius 3 is 2.50 bits per heavy atom. The van der Waals surface area contributed by atoms with Crippen molar-refractivity contribution in [2.75, 3.05) is 0 Å². The molecule has 0 spiro atoms. The lowest BCUT2D eigenvalue weighted by molar-refractivity contribution is 0.0694. The molecule has 0 aromatic heterocycles. The van der Waals surface area contributed by atoms with Crippen molar-refractivity contribution in [3.05, 3.63) is 35.6 Å². The van der Waals surface area contributed by atoms with Crippen molar-refractivity contribution >= 4 is 17.4 Å². The highest BCUT2D eigenvalue weighted by molar-refractivity contribution is 5.98. The number of aliphatic imine (C=N–C) groups is 1. The Balaban J connectivity index is 2.34. The average molecular weight is 275 g/mol. The molecule has 0 bridgehead atoms. The number of carboxylic acid groups (broad SMARTS) is 1. The summed E-state index contributed by atoms with van der Waals surface area (Å²) in [4.78, 5) is 15.2. The number of aromatic hydroxyl groups is 1. The number of aromatic carboxylic acids is 1. The Morgan fingerprint density at radius 1 is 1.25 bits per heavy atom. The third kappa shape index (κ3) is 3.17. The topological polar surface area (TPSA) is 90.1 Å². The van der Waals surface area contributed by atoms with Crippen LogP contribution in [0.25, 0.3) is 0 Å². The van der Waals surface area contributed by atoms with E-state index in [2.05, 4.69) is 4.99 Å². The fraction of sp³-hybridized carbons (Fsp3) is 0.333. The molecule has 0 amide bonds. The first-order valence-corrected chi connectivity index (χ1v) is 6.30. The minimum Gasteiger partial charge on any atom is -0.512 e. The number of hydrogen-bond donors (Lipinski definition) is 3. The fourth-order valence-corrected chi connectivity index (χ4v) is 2.35. The molecule has 1 aliphatic rings. The lowest BCUT2D eigenvalue weighted by Crippen LogP contribution is -2.21. The van der Waals surface area contributed by atoms with E-state index in [1.807, 2.05) is 13.8 Å². The van der Waals surface area contributed by atoms with Crippen LogP contribution < -0.4 is 0 Å². The van der Waals surface area contributed by atoms with Crippen LogP contribution in [-0.4, -0.2) is 27.0 Å². The molecule has 0 unspecified atom stereocenters. The number of aliphatic hydroxyl groups excluding tert-OH is 1. The predicted molar refractivity (Wildman–Crippen MR) is 75.9 cm³/mol. The predicted octanol–water partition coefficient (Wildman–Crippen LogP) is 3.42. The minimum atomic E-state index is -1.18. The monoisotopic (exact) mass is 275 g/mol. The lowest BCUT2D eigenvalue weighted by atomic mass is 9.79. The summed E-state index contributed by atoms with van der Waals surface area (Å²) in [6.07, 6.45) is 2.93. The van der Waals surface area contributed by atoms with Gasteiger partial charge in [0, 0.05) is 18.2 Å². The van der Waals surface area contributed by atoms with E-state index in [0.717, 1.165) is 0 Å². The summed E-state index contributed by atoms with van der Waals surface area (Å²) in [6.45, 7) is 4.08. The first-order chi connectivity index (χ1) is 9.27. The van der Waals surface area contributed by atoms with E-state index in [0.29, 0.717) is 24.2 Å². The van der Waals surface area contributed by atoms with E-state index in [1.165, 1.54) is 18.2 Å². The number of hydrogen-bond acceptors (Lipinski definition) is 4. The summed E-state index contributed by atoms with van der Waals surface area (Å²) in [6, 6.07) is 4.15. The molecule has 3 N–H and O–H groups in total. The van der Waals surface area contributed by atoms with E-state index < -0.39 is 5.97 Å². The maximum Gasteiger partial charge on any atom is 0.339 e. The Morgan fingerprint density at radius 2 is 1.95 bits per heavy atom. The van der Waals surface area contributed by atoms with Crippen LogP contribution in [0.15, 0.2) is 35.0 Å². The van der Waals surface area contributed by atoms with Gasteiger partial charge in [0.05, 0.1) is 11.4 Å². The third-order valence-corrected chi connectivity index (χ3v) is 3.14. The molecule has 0 saturated carbocycles. The first-order valence-electron chi connectivity index (χ1n) is 6.30. The molecule has 1 aromatic rings. The molecular weight excluding hydrogens is 258 g/mol. The molecule has 0 saturated heterocycles. The molecular formula is C15H17NO4. The summed E-state index contributed by atoms with van der Waals surface area (Å²) in [5, 5.41) is 28.2. The van der Waals surface area contributed by atoms with Gasteiger partial charge in [-0.05, 0) is 30.0 Å². The molecule has 1 aromatic carbocycles. The molecule has 106 valence electrons. The summed E-state index contributed by atoms with van der Waals surface area (Å²) in [5.74, 6) is -1.22. The zero-order valence-corrected chi connectivity index (χ0v) is 11.4. The first kappa shape index (κ1) is 14.1. The molecule has 5 nitrogen and oxygen atoms in total. The quantitative estimate of drug-likeness (QED) is 0.771. The molecule has 2 rings (SSSR count). The third-order valence-electron chi connectivity index (χ3n) is 3.14. The van der Waals surface area contributed by atoms with Crippen LogP contribution >= 0.6 is 0 Å². The van der Waals surface area contributed by atoms with Crippen LogP contribution in [0.1, 0.15) is 37.0 Å². The second-order valence-electron chi connectivity index (χ2n) is 5.76. The molecule has 0 fully saturated rings. The van der Waals surface area contributed by atoms with Crippen molar-refractivity contribution in [1.82, 2.24) is 0 Å². The number of rotatable bonds is 2. The summed E-state index contributed by atoms with van der Waals surface area (Å²) >= 11 is 0. The maximum absolute atomic E-state index is 10.8. The highest BCUT2D eigenvalue weighted by Gasteiger charge is 2.26. The fourth-order valence-electron chi connectivity index (χ4n) is 2.35. The van der Waals surface area contributed by atoms with E-state index in [1.54, 1.807) is 6.08 Å². The van der Waals surface area contributed by atoms with Gasteiger partial charge in [-0.1, -0.05) is 13.8 Å². The highest BCUT2D eigenvalue weighted by atomic mass is 16.4. The van der Waals surface area contributed by atoms with Gasteiger partial charge in [-0.15, -0.1) is 0 Å². The number of phenols is 1. The second kappa shape index (κ2) is 5.00. The summed E-state index contributed by atoms with van der Waals surface area (Å²) < 4.78 is 0. The van der Waals surface area contributed by atoms with Gasteiger partial charge in [-0.25, -0.2) is 4.79 Å². The number of allylic oxidation sites excluding steroid dienone is 2. The van der Waals surface area contributed by atoms with Crippen molar-refractivity contribution in [2.24, 2.45) is 10.4 Å². The molecule has 0 atom stereocenters. The average Bonchev–Trinajstić information content (AvgIpc) is 2.25. The van der Waals surface area contributed by atoms with Crippen LogP contribution in [0, 0.1) is 5.41 Å². The zero-order valence-electron chi connectivity index (χ0n) is 11.4. The highest BCUT2D eigenvalue weighted by Crippen LogP contribution is 2.34. The Labute approximate surface area is 116 Å². The van der Waals surface area contributed by atoms with Crippen molar-refractivity contribution in [2.45, 2.75) is 26.7 Å². The van der Waals surface area contributed by atoms with Gasteiger partial charge in [0.15, 0.2) is 0 Å². The largest absolute Gasteiger partial charge is 0.512 e. The lowest BCUT2D eigenvalue weighted by Gasteiger charge is -2.28. The van der Waals surface area contributed by atoms with Gasteiger partial charge in [0.2, 0.25) is 0 Å². The van der Waals surface area contributed by atoms with Crippen molar-refractivity contribution in [1.29, 1.82) is 0 Å². The molecule has 20 heavy (non-hydrogen) atoms. The minimum absolute atomic E-state index is 0.0687. The van der Waals surface area contributed by atoms with Crippen LogP contribution in [0.2, 0.25) is 0 Å². The number of benzene rings is 1. The van der Waals surface area contributed by atoms with E-state index in [9.17, 15) is 15.0 Å². The van der Waals surface area contributed by atoms with Gasteiger partial charge in [0.25, 0.3) is 0 Å². The van der Waals surface area contributed by atoms with Crippen molar-refractivity contribution in [3.63, 3.8) is 0 Å². The number of aliphatic hydroxyl groups is 1. The van der Waals surface area contributed by atoms with Gasteiger partial charge < -0.3 is 15.3 Å². The molecule has 5 heteroatoms. The zero-order chi connectivity index (χ0) is 14.9. The molecule has 0 heterocycles. The Hall–Kier alpha value is -2.30. The SMILES string of the molecule is CC1(C)CC(O)=C/C(=N\c2ccc(C(=O)O)c(O)c2)C1. The van der Waals surface area contributed by atoms with Crippen LogP contribution in [0.5, 0.6) is 5.75 Å². The van der Waals surface area contributed by atoms with Crippen LogP contribution in [0.3, 0.4) is 0 Å². The standard InChI is InChI=1S/C15H17NO4/c1-15(2)7-10(5-11(17)8-15)16-9-3-4-12(14(19)20)13(18)6-9/h3-6,17-18H,7-8H2,1-2H3,(H,19,20)/b16-10+. The van der Waals surface area contributed by atoms with Gasteiger partial charge in [-0.2, -0.15) is 0 Å². The molecule has 0 aliphatic heterocycles. The van der Waals surface area contributed by atoms with Gasteiger partial charge in [-0.3, -0.25) is 4.99 Å². The second-order valence-corrected chi connectivity index (χ2v) is 5.76. The van der Waals surface area contributed by atoms with E-state index >= 15 is 0 Å². The van der Waals surface area contributed by atoms with Crippen molar-refractivity contribution in [3.8, 4) is 5.75 Å². The van der Waals surface area contributed by atoms with Crippen molar-refractivity contribution < 1.29 is 20.1 Å². The summed E-state index contributed by atoms with van der Waals surface area (Å²) in [5.41, 5.74) is 0.947. The maximum atomic E-state index is 10.8. The molecule has 0 radical (unpaired) electrons. The Bertz CT molecular complexity index is 614. The van der Waals surface area contributed by atoms with Gasteiger partial charge in [0.1, 0.15) is 11.3 Å². The molecule has 1 aliphatic carbocycles. The van der Waals surface area contributed by atoms with Crippen LogP contribution in [0.4, 0.5) is 5.69 Å². The smallest absolute Gasteiger partial charge is 0.339 e. The van der Waals surface area contributed by atoms with Crippen LogP contribution in [-0.2, 0) is 0 Å². The number of carboxylic acids is 1. The number of carbonyl (C=O) groups is 1. The Kier molecular flexibility index (Phi) is 3.53.